The van der Waals surface area contributed by atoms with Crippen LogP contribution >= 0.6 is 0 Å². The van der Waals surface area contributed by atoms with Crippen LogP contribution in [0.5, 0.6) is 5.75 Å². The van der Waals surface area contributed by atoms with Gasteiger partial charge in [0.2, 0.25) is 5.88 Å². The Morgan fingerprint density at radius 1 is 1.07 bits per heavy atom. The third-order valence-electron chi connectivity index (χ3n) is 5.56. The highest BCUT2D eigenvalue weighted by molar-refractivity contribution is 6.29. The smallest absolute Gasteiger partial charge is 0.368 e. The number of para-hydroxylation sites is 2. The summed E-state index contributed by atoms with van der Waals surface area (Å²) in [6, 6.07) is 17.8. The lowest BCUT2D eigenvalue weighted by Gasteiger charge is -2.18. The number of benzene rings is 2. The average molecular weight is 398 g/mol. The predicted octanol–water partition coefficient (Wildman–Crippen LogP) is 5.11. The van der Waals surface area contributed by atoms with E-state index in [0.29, 0.717) is 11.3 Å². The van der Waals surface area contributed by atoms with Crippen molar-refractivity contribution in [3.63, 3.8) is 0 Å². The van der Waals surface area contributed by atoms with Crippen molar-refractivity contribution in [1.82, 2.24) is 0 Å². The first-order valence-corrected chi connectivity index (χ1v) is 10.3. The summed E-state index contributed by atoms with van der Waals surface area (Å²) in [5, 5.41) is 4.06. The summed E-state index contributed by atoms with van der Waals surface area (Å²) in [6.07, 6.45) is 6.90. The van der Waals surface area contributed by atoms with Crippen molar-refractivity contribution in [2.75, 3.05) is 11.4 Å². The van der Waals surface area contributed by atoms with Gasteiger partial charge in [-0.1, -0.05) is 53.7 Å². The molecule has 2 aromatic carbocycles. The zero-order chi connectivity index (χ0) is 20.5. The van der Waals surface area contributed by atoms with Gasteiger partial charge in [0.05, 0.1) is 11.3 Å². The molecule has 0 bridgehead atoms. The number of fused-ring (bicyclic) bond motifs is 1. The van der Waals surface area contributed by atoms with E-state index in [4.69, 9.17) is 9.57 Å². The molecule has 0 atom stereocenters. The fourth-order valence-corrected chi connectivity index (χ4v) is 4.16. The molecule has 0 spiro atoms. The zero-order valence-electron chi connectivity index (χ0n) is 16.8. The van der Waals surface area contributed by atoms with Crippen molar-refractivity contribution in [1.29, 1.82) is 0 Å². The van der Waals surface area contributed by atoms with E-state index >= 15 is 0 Å². The van der Waals surface area contributed by atoms with Gasteiger partial charge in [-0.2, -0.15) is 0 Å². The van der Waals surface area contributed by atoms with Gasteiger partial charge < -0.3 is 14.5 Å². The second kappa shape index (κ2) is 7.67. The van der Waals surface area contributed by atoms with Crippen LogP contribution in [0, 0.1) is 0 Å². The molecule has 150 valence electrons. The summed E-state index contributed by atoms with van der Waals surface area (Å²) in [4.78, 5) is 19.7. The van der Waals surface area contributed by atoms with E-state index in [2.05, 4.69) is 35.2 Å². The number of hydrogen-bond acceptors (Lipinski definition) is 5. The summed E-state index contributed by atoms with van der Waals surface area (Å²) in [5.41, 5.74) is 5.25. The van der Waals surface area contributed by atoms with Crippen LogP contribution in [-0.4, -0.2) is 18.2 Å². The number of carbonyl (C=O) groups is 1. The Bertz CT molecular complexity index is 1130. The van der Waals surface area contributed by atoms with Gasteiger partial charge in [-0.05, 0) is 49.5 Å². The fourth-order valence-electron chi connectivity index (χ4n) is 4.16. The summed E-state index contributed by atoms with van der Waals surface area (Å²) in [5.74, 6) is 1.31. The lowest BCUT2D eigenvalue weighted by molar-refractivity contribution is -0.136. The number of ether oxygens (including phenoxy) is 1. The van der Waals surface area contributed by atoms with E-state index < -0.39 is 0 Å². The molecule has 5 nitrogen and oxygen atoms in total. The second-order valence-corrected chi connectivity index (χ2v) is 7.45. The maximum Gasteiger partial charge on any atom is 0.368 e. The van der Waals surface area contributed by atoms with Crippen LogP contribution in [0.3, 0.4) is 0 Å². The largest absolute Gasteiger partial charge is 0.439 e. The molecule has 0 aromatic heterocycles. The first-order valence-electron chi connectivity index (χ1n) is 10.3. The van der Waals surface area contributed by atoms with E-state index in [1.54, 1.807) is 0 Å². The number of allylic oxidation sites excluding steroid dienone is 4. The SMILES string of the molecule is CCN1/C(=C/C2=CC(=C3/C(=O)ON=C3c3ccccc3)/CCC2)Oc2ccccc21. The van der Waals surface area contributed by atoms with E-state index in [0.717, 1.165) is 59.8 Å². The third-order valence-corrected chi connectivity index (χ3v) is 5.56. The molecular formula is C25H22N2O3. The number of nitrogens with zero attached hydrogens (tertiary/aromatic N) is 2. The Morgan fingerprint density at radius 3 is 2.70 bits per heavy atom. The van der Waals surface area contributed by atoms with Gasteiger partial charge in [0.1, 0.15) is 5.71 Å². The minimum atomic E-state index is -0.381. The lowest BCUT2D eigenvalue weighted by Crippen LogP contribution is -2.19. The van der Waals surface area contributed by atoms with E-state index in [1.165, 1.54) is 0 Å². The molecule has 2 aliphatic heterocycles. The monoisotopic (exact) mass is 398 g/mol. The molecular weight excluding hydrogens is 376 g/mol. The number of oxime groups is 1. The topological polar surface area (TPSA) is 51.1 Å². The number of anilines is 1. The van der Waals surface area contributed by atoms with Crippen molar-refractivity contribution in [3.8, 4) is 5.75 Å². The van der Waals surface area contributed by atoms with E-state index in [-0.39, 0.29) is 5.97 Å². The molecule has 0 amide bonds. The molecule has 0 radical (unpaired) electrons. The molecule has 2 heterocycles. The molecule has 0 saturated heterocycles. The predicted molar refractivity (Wildman–Crippen MR) is 116 cm³/mol. The highest BCUT2D eigenvalue weighted by Gasteiger charge is 2.31. The quantitative estimate of drug-likeness (QED) is 0.532. The van der Waals surface area contributed by atoms with Crippen molar-refractivity contribution < 1.29 is 14.4 Å². The Kier molecular flexibility index (Phi) is 4.71. The molecule has 2 aromatic rings. The third kappa shape index (κ3) is 3.22. The van der Waals surface area contributed by atoms with Crippen molar-refractivity contribution in [2.24, 2.45) is 5.16 Å². The highest BCUT2D eigenvalue weighted by Crippen LogP contribution is 2.39. The summed E-state index contributed by atoms with van der Waals surface area (Å²) < 4.78 is 6.10. The van der Waals surface area contributed by atoms with Crippen molar-refractivity contribution in [3.05, 3.63) is 94.9 Å². The van der Waals surface area contributed by atoms with Gasteiger partial charge in [-0.25, -0.2) is 4.79 Å². The van der Waals surface area contributed by atoms with Crippen LogP contribution in [0.4, 0.5) is 5.69 Å². The van der Waals surface area contributed by atoms with E-state index in [1.807, 2.05) is 48.5 Å². The van der Waals surface area contributed by atoms with Crippen molar-refractivity contribution in [2.45, 2.75) is 26.2 Å². The minimum absolute atomic E-state index is 0.381. The number of rotatable bonds is 3. The van der Waals surface area contributed by atoms with Crippen LogP contribution in [0.25, 0.3) is 0 Å². The maximum absolute atomic E-state index is 12.5. The second-order valence-electron chi connectivity index (χ2n) is 7.45. The van der Waals surface area contributed by atoms with Crippen molar-refractivity contribution >= 4 is 17.4 Å². The van der Waals surface area contributed by atoms with Crippen LogP contribution in [0.2, 0.25) is 0 Å². The van der Waals surface area contributed by atoms with Gasteiger partial charge in [0.15, 0.2) is 5.75 Å². The molecule has 0 saturated carbocycles. The summed E-state index contributed by atoms with van der Waals surface area (Å²) >= 11 is 0. The standard InChI is InChI=1S/C25H22N2O3/c1-2-27-20-13-6-7-14-21(20)29-22(27)16-17-9-8-12-19(15-17)23-24(26-30-25(23)28)18-10-4-3-5-11-18/h3-7,10-11,13-16H,2,8-9,12H2,1H3/b22-16-,23-19+. The molecule has 0 unspecified atom stereocenters. The molecule has 1 aliphatic carbocycles. The molecule has 0 N–H and O–H groups in total. The first-order chi connectivity index (χ1) is 14.7. The van der Waals surface area contributed by atoms with E-state index in [9.17, 15) is 4.79 Å². The lowest BCUT2D eigenvalue weighted by atomic mass is 9.88. The normalized spacial score (nSPS) is 21.8. The van der Waals surface area contributed by atoms with Crippen LogP contribution < -0.4 is 9.64 Å². The molecule has 5 heteroatoms. The average Bonchev–Trinajstić information content (AvgIpc) is 3.34. The van der Waals surface area contributed by atoms with Crippen LogP contribution in [0.15, 0.2) is 94.5 Å². The maximum atomic E-state index is 12.5. The summed E-state index contributed by atoms with van der Waals surface area (Å²) in [6.45, 7) is 2.93. The Balaban J connectivity index is 1.51. The first kappa shape index (κ1) is 18.4. The van der Waals surface area contributed by atoms with Gasteiger partial charge in [-0.3, -0.25) is 0 Å². The highest BCUT2D eigenvalue weighted by atomic mass is 16.7. The molecule has 0 fully saturated rings. The summed E-state index contributed by atoms with van der Waals surface area (Å²) in [7, 11) is 0. The van der Waals surface area contributed by atoms with Gasteiger partial charge >= 0.3 is 5.97 Å². The number of hydrogen-bond donors (Lipinski definition) is 0. The molecule has 5 rings (SSSR count). The number of carbonyl (C=O) groups excluding carboxylic acids is 1. The van der Waals surface area contributed by atoms with Crippen LogP contribution in [-0.2, 0) is 9.63 Å². The fraction of sp³-hybridized carbons (Fsp3) is 0.200. The molecule has 3 aliphatic rings. The Labute approximate surface area is 175 Å². The Morgan fingerprint density at radius 2 is 1.87 bits per heavy atom. The van der Waals surface area contributed by atoms with Gasteiger partial charge in [-0.15, -0.1) is 0 Å². The van der Waals surface area contributed by atoms with Crippen LogP contribution in [0.1, 0.15) is 31.7 Å². The minimum Gasteiger partial charge on any atom is -0.439 e. The van der Waals surface area contributed by atoms with Gasteiger partial charge in [0, 0.05) is 18.2 Å². The zero-order valence-corrected chi connectivity index (χ0v) is 16.8. The Hall–Kier alpha value is -3.60. The van der Waals surface area contributed by atoms with Gasteiger partial charge in [0.25, 0.3) is 0 Å². The molecule has 30 heavy (non-hydrogen) atoms.